The standard InChI is InChI=1S/C19H22N2O4/c1-12(2)9-20-19(23)16-7-5-14(25-16)10-21-15-6-4-13(3)8-17(15)24-11-18(21)22/h4-8,12H,9-11H2,1-3H3,(H,20,23). The Labute approximate surface area is 146 Å². The van der Waals surface area contributed by atoms with Gasteiger partial charge in [-0.3, -0.25) is 14.5 Å². The van der Waals surface area contributed by atoms with Crippen LogP contribution in [0, 0.1) is 12.8 Å². The van der Waals surface area contributed by atoms with Gasteiger partial charge in [0, 0.05) is 6.54 Å². The second-order valence-corrected chi connectivity index (χ2v) is 6.61. The molecule has 0 atom stereocenters. The predicted octanol–water partition coefficient (Wildman–Crippen LogP) is 2.90. The molecule has 2 heterocycles. The molecular formula is C19H22N2O4. The Morgan fingerprint density at radius 3 is 2.84 bits per heavy atom. The van der Waals surface area contributed by atoms with Gasteiger partial charge in [0.05, 0.1) is 12.2 Å². The van der Waals surface area contributed by atoms with Gasteiger partial charge in [-0.1, -0.05) is 19.9 Å². The number of rotatable bonds is 5. The van der Waals surface area contributed by atoms with Gasteiger partial charge in [0.15, 0.2) is 12.4 Å². The van der Waals surface area contributed by atoms with Crippen LogP contribution >= 0.6 is 0 Å². The largest absolute Gasteiger partial charge is 0.482 e. The Bertz CT molecular complexity index is 794. The third-order valence-electron chi connectivity index (χ3n) is 3.93. The van der Waals surface area contributed by atoms with Crippen molar-refractivity contribution in [2.24, 2.45) is 5.92 Å². The Hall–Kier alpha value is -2.76. The van der Waals surface area contributed by atoms with E-state index in [0.717, 1.165) is 5.56 Å². The van der Waals surface area contributed by atoms with Gasteiger partial charge in [-0.2, -0.15) is 0 Å². The summed E-state index contributed by atoms with van der Waals surface area (Å²) in [6.45, 7) is 6.87. The van der Waals surface area contributed by atoms with Crippen molar-refractivity contribution in [2.75, 3.05) is 18.1 Å². The highest BCUT2D eigenvalue weighted by molar-refractivity contribution is 5.97. The summed E-state index contributed by atoms with van der Waals surface area (Å²) < 4.78 is 11.1. The summed E-state index contributed by atoms with van der Waals surface area (Å²) in [4.78, 5) is 25.9. The SMILES string of the molecule is Cc1ccc2c(c1)OCC(=O)N2Cc1ccc(C(=O)NCC(C)C)o1. The molecule has 0 spiro atoms. The summed E-state index contributed by atoms with van der Waals surface area (Å²) >= 11 is 0. The van der Waals surface area contributed by atoms with Crippen molar-refractivity contribution in [3.05, 3.63) is 47.4 Å². The number of furan rings is 1. The molecule has 0 unspecified atom stereocenters. The van der Waals surface area contributed by atoms with Gasteiger partial charge < -0.3 is 14.5 Å². The van der Waals surface area contributed by atoms with E-state index < -0.39 is 0 Å². The molecule has 0 saturated carbocycles. The van der Waals surface area contributed by atoms with Gasteiger partial charge in [0.2, 0.25) is 0 Å². The van der Waals surface area contributed by atoms with Crippen molar-refractivity contribution in [3.63, 3.8) is 0 Å². The van der Waals surface area contributed by atoms with E-state index in [1.165, 1.54) is 0 Å². The van der Waals surface area contributed by atoms with Crippen molar-refractivity contribution in [3.8, 4) is 5.75 Å². The Kier molecular flexibility index (Phi) is 4.79. The van der Waals surface area contributed by atoms with Crippen LogP contribution in [0.15, 0.2) is 34.7 Å². The summed E-state index contributed by atoms with van der Waals surface area (Å²) in [6.07, 6.45) is 0. The van der Waals surface area contributed by atoms with Gasteiger partial charge in [-0.05, 0) is 42.7 Å². The summed E-state index contributed by atoms with van der Waals surface area (Å²) in [5.41, 5.74) is 1.78. The Balaban J connectivity index is 1.75. The van der Waals surface area contributed by atoms with Crippen molar-refractivity contribution in [1.29, 1.82) is 0 Å². The quantitative estimate of drug-likeness (QED) is 0.907. The number of nitrogens with zero attached hydrogens (tertiary/aromatic N) is 1. The third-order valence-corrected chi connectivity index (χ3v) is 3.93. The van der Waals surface area contributed by atoms with E-state index in [-0.39, 0.29) is 30.7 Å². The fraction of sp³-hybridized carbons (Fsp3) is 0.368. The monoisotopic (exact) mass is 342 g/mol. The number of nitrogens with one attached hydrogen (secondary N) is 1. The number of anilines is 1. The second kappa shape index (κ2) is 7.01. The number of amides is 2. The molecule has 6 heteroatoms. The van der Waals surface area contributed by atoms with Gasteiger partial charge in [-0.25, -0.2) is 0 Å². The van der Waals surface area contributed by atoms with Crippen LogP contribution in [0.2, 0.25) is 0 Å². The van der Waals surface area contributed by atoms with Gasteiger partial charge in [0.1, 0.15) is 11.5 Å². The zero-order valence-electron chi connectivity index (χ0n) is 14.7. The van der Waals surface area contributed by atoms with Crippen LogP contribution in [-0.2, 0) is 11.3 Å². The number of aryl methyl sites for hydroxylation is 1. The molecule has 0 radical (unpaired) electrons. The smallest absolute Gasteiger partial charge is 0.287 e. The van der Waals surface area contributed by atoms with E-state index >= 15 is 0 Å². The minimum Gasteiger partial charge on any atom is -0.482 e. The molecule has 1 N–H and O–H groups in total. The minimum atomic E-state index is -0.246. The molecule has 2 aromatic rings. The number of fused-ring (bicyclic) bond motifs is 1. The first-order valence-electron chi connectivity index (χ1n) is 8.35. The number of ether oxygens (including phenoxy) is 1. The molecule has 1 aromatic carbocycles. The molecule has 0 aliphatic carbocycles. The van der Waals surface area contributed by atoms with Crippen LogP contribution in [-0.4, -0.2) is 25.0 Å². The highest BCUT2D eigenvalue weighted by Crippen LogP contribution is 2.33. The van der Waals surface area contributed by atoms with Gasteiger partial charge in [-0.15, -0.1) is 0 Å². The third kappa shape index (κ3) is 3.84. The first kappa shape index (κ1) is 17.1. The summed E-state index contributed by atoms with van der Waals surface area (Å²) in [5.74, 6) is 1.46. The lowest BCUT2D eigenvalue weighted by Crippen LogP contribution is -2.38. The van der Waals surface area contributed by atoms with E-state index in [1.54, 1.807) is 17.0 Å². The molecule has 132 valence electrons. The lowest BCUT2D eigenvalue weighted by molar-refractivity contribution is -0.121. The molecule has 0 bridgehead atoms. The maximum Gasteiger partial charge on any atom is 0.287 e. The predicted molar refractivity (Wildman–Crippen MR) is 93.7 cm³/mol. The van der Waals surface area contributed by atoms with Crippen molar-refractivity contribution in [1.82, 2.24) is 5.32 Å². The molecule has 25 heavy (non-hydrogen) atoms. The highest BCUT2D eigenvalue weighted by Gasteiger charge is 2.26. The van der Waals surface area contributed by atoms with Gasteiger partial charge >= 0.3 is 0 Å². The first-order valence-corrected chi connectivity index (χ1v) is 8.35. The fourth-order valence-corrected chi connectivity index (χ4v) is 2.61. The zero-order chi connectivity index (χ0) is 18.0. The van der Waals surface area contributed by atoms with Crippen LogP contribution < -0.4 is 15.0 Å². The topological polar surface area (TPSA) is 71.8 Å². The number of carbonyl (C=O) groups is 2. The summed E-state index contributed by atoms with van der Waals surface area (Å²) in [6, 6.07) is 9.05. The molecular weight excluding hydrogens is 320 g/mol. The van der Waals surface area contributed by atoms with E-state index in [9.17, 15) is 9.59 Å². The van der Waals surface area contributed by atoms with Crippen LogP contribution in [0.1, 0.15) is 35.7 Å². The van der Waals surface area contributed by atoms with Crippen molar-refractivity contribution in [2.45, 2.75) is 27.3 Å². The number of carbonyl (C=O) groups excluding carboxylic acids is 2. The van der Waals surface area contributed by atoms with Crippen LogP contribution in [0.4, 0.5) is 5.69 Å². The average Bonchev–Trinajstić information content (AvgIpc) is 3.04. The molecule has 0 saturated heterocycles. The Morgan fingerprint density at radius 2 is 2.08 bits per heavy atom. The molecule has 6 nitrogen and oxygen atoms in total. The van der Waals surface area contributed by atoms with E-state index in [0.29, 0.717) is 29.7 Å². The molecule has 1 aliphatic rings. The van der Waals surface area contributed by atoms with Gasteiger partial charge in [0.25, 0.3) is 11.8 Å². The lowest BCUT2D eigenvalue weighted by atomic mass is 10.1. The van der Waals surface area contributed by atoms with E-state index in [4.69, 9.17) is 9.15 Å². The molecule has 0 fully saturated rings. The lowest BCUT2D eigenvalue weighted by Gasteiger charge is -2.28. The number of benzene rings is 1. The molecule has 1 aliphatic heterocycles. The normalized spacial score (nSPS) is 13.6. The van der Waals surface area contributed by atoms with Crippen LogP contribution in [0.25, 0.3) is 0 Å². The molecule has 3 rings (SSSR count). The summed E-state index contributed by atoms with van der Waals surface area (Å²) in [7, 11) is 0. The van der Waals surface area contributed by atoms with Crippen LogP contribution in [0.5, 0.6) is 5.75 Å². The fourth-order valence-electron chi connectivity index (χ4n) is 2.61. The van der Waals surface area contributed by atoms with Crippen molar-refractivity contribution >= 4 is 17.5 Å². The number of hydrogen-bond donors (Lipinski definition) is 1. The maximum absolute atomic E-state index is 12.2. The molecule has 1 aromatic heterocycles. The summed E-state index contributed by atoms with van der Waals surface area (Å²) in [5, 5.41) is 2.81. The van der Waals surface area contributed by atoms with E-state index in [2.05, 4.69) is 5.32 Å². The number of hydrogen-bond acceptors (Lipinski definition) is 4. The zero-order valence-corrected chi connectivity index (χ0v) is 14.7. The van der Waals surface area contributed by atoms with Crippen molar-refractivity contribution < 1.29 is 18.7 Å². The average molecular weight is 342 g/mol. The van der Waals surface area contributed by atoms with Crippen LogP contribution in [0.3, 0.4) is 0 Å². The maximum atomic E-state index is 12.2. The Morgan fingerprint density at radius 1 is 1.28 bits per heavy atom. The van der Waals surface area contributed by atoms with E-state index in [1.807, 2.05) is 39.0 Å². The molecule has 2 amide bonds. The highest BCUT2D eigenvalue weighted by atomic mass is 16.5. The first-order chi connectivity index (χ1) is 11.9. The second-order valence-electron chi connectivity index (χ2n) is 6.61. The minimum absolute atomic E-state index is 0.00110.